The predicted molar refractivity (Wildman–Crippen MR) is 71.5 cm³/mol. The predicted octanol–water partition coefficient (Wildman–Crippen LogP) is 0.782. The maximum atomic E-state index is 12.0. The second kappa shape index (κ2) is 5.73. The number of rotatable bonds is 5. The monoisotopic (exact) mass is 276 g/mol. The summed E-state index contributed by atoms with van der Waals surface area (Å²) in [4.78, 5) is 34.5. The van der Waals surface area contributed by atoms with Crippen molar-refractivity contribution < 1.29 is 19.5 Å². The molecule has 0 saturated heterocycles. The van der Waals surface area contributed by atoms with E-state index >= 15 is 0 Å². The topological polar surface area (TPSA) is 95.5 Å². The Morgan fingerprint density at radius 1 is 1.25 bits per heavy atom. The highest BCUT2D eigenvalue weighted by Crippen LogP contribution is 2.18. The molecule has 6 nitrogen and oxygen atoms in total. The zero-order valence-corrected chi connectivity index (χ0v) is 11.1. The molecular formula is C14H16N2O4. The molecule has 1 aliphatic carbocycles. The molecule has 0 heterocycles. The van der Waals surface area contributed by atoms with Crippen LogP contribution in [0.1, 0.15) is 40.5 Å². The largest absolute Gasteiger partial charge is 0.478 e. The zero-order chi connectivity index (χ0) is 14.7. The van der Waals surface area contributed by atoms with Crippen LogP contribution in [0.4, 0.5) is 0 Å². The van der Waals surface area contributed by atoms with Gasteiger partial charge in [0.05, 0.1) is 5.56 Å². The summed E-state index contributed by atoms with van der Waals surface area (Å²) in [6.45, 7) is 1.59. The number of carboxylic acid groups (broad SMARTS) is 1. The lowest BCUT2D eigenvalue weighted by Gasteiger charge is -2.14. The molecule has 6 heteroatoms. The van der Waals surface area contributed by atoms with Crippen molar-refractivity contribution in [1.82, 2.24) is 10.6 Å². The Morgan fingerprint density at radius 3 is 2.50 bits per heavy atom. The summed E-state index contributed by atoms with van der Waals surface area (Å²) in [5.41, 5.74) is 0.253. The van der Waals surface area contributed by atoms with Crippen molar-refractivity contribution in [3.05, 3.63) is 35.4 Å². The molecule has 2 amide bonds. The fourth-order valence-electron chi connectivity index (χ4n) is 1.69. The quantitative estimate of drug-likeness (QED) is 0.740. The second-order valence-corrected chi connectivity index (χ2v) is 4.86. The van der Waals surface area contributed by atoms with Gasteiger partial charge in [-0.25, -0.2) is 4.79 Å². The Labute approximate surface area is 116 Å². The molecule has 106 valence electrons. The van der Waals surface area contributed by atoms with E-state index in [4.69, 9.17) is 5.11 Å². The average Bonchev–Trinajstić information content (AvgIpc) is 3.22. The van der Waals surface area contributed by atoms with Crippen LogP contribution in [-0.4, -0.2) is 35.0 Å². The SMILES string of the molecule is CC(NC(=O)c1cccc(C(=O)O)c1)C(=O)NC1CC1. The van der Waals surface area contributed by atoms with Gasteiger partial charge in [-0.15, -0.1) is 0 Å². The number of benzene rings is 1. The van der Waals surface area contributed by atoms with Crippen molar-refractivity contribution >= 4 is 17.8 Å². The summed E-state index contributed by atoms with van der Waals surface area (Å²) < 4.78 is 0. The Kier molecular flexibility index (Phi) is 4.02. The van der Waals surface area contributed by atoms with Gasteiger partial charge < -0.3 is 15.7 Å². The number of carbonyl (C=O) groups is 3. The van der Waals surface area contributed by atoms with Gasteiger partial charge in [-0.3, -0.25) is 9.59 Å². The van der Waals surface area contributed by atoms with Crippen LogP contribution in [-0.2, 0) is 4.79 Å². The Balaban J connectivity index is 1.98. The van der Waals surface area contributed by atoms with Crippen LogP contribution in [0.5, 0.6) is 0 Å². The van der Waals surface area contributed by atoms with E-state index in [1.54, 1.807) is 6.92 Å². The zero-order valence-electron chi connectivity index (χ0n) is 11.1. The first kappa shape index (κ1) is 14.0. The summed E-state index contributed by atoms with van der Waals surface area (Å²) in [7, 11) is 0. The molecule has 2 rings (SSSR count). The molecule has 3 N–H and O–H groups in total. The van der Waals surface area contributed by atoms with Gasteiger partial charge in [0.2, 0.25) is 5.91 Å². The van der Waals surface area contributed by atoms with Gasteiger partial charge in [0, 0.05) is 11.6 Å². The summed E-state index contributed by atoms with van der Waals surface area (Å²) in [5, 5.41) is 14.2. The van der Waals surface area contributed by atoms with Crippen LogP contribution in [0, 0.1) is 0 Å². The number of hydrogen-bond acceptors (Lipinski definition) is 3. The molecule has 0 bridgehead atoms. The van der Waals surface area contributed by atoms with Crippen molar-refractivity contribution in [3.63, 3.8) is 0 Å². The van der Waals surface area contributed by atoms with Gasteiger partial charge in [-0.2, -0.15) is 0 Å². The number of nitrogens with one attached hydrogen (secondary N) is 2. The number of amides is 2. The Morgan fingerprint density at radius 2 is 1.90 bits per heavy atom. The molecule has 1 aromatic carbocycles. The number of aromatic carboxylic acids is 1. The van der Waals surface area contributed by atoms with Crippen LogP contribution in [0.3, 0.4) is 0 Å². The highest BCUT2D eigenvalue weighted by Gasteiger charge is 2.26. The third kappa shape index (κ3) is 3.57. The van der Waals surface area contributed by atoms with E-state index < -0.39 is 17.9 Å². The van der Waals surface area contributed by atoms with Gasteiger partial charge in [0.1, 0.15) is 6.04 Å². The minimum absolute atomic E-state index is 0.0349. The van der Waals surface area contributed by atoms with Gasteiger partial charge in [0.15, 0.2) is 0 Å². The minimum Gasteiger partial charge on any atom is -0.478 e. The summed E-state index contributed by atoms with van der Waals surface area (Å²) in [6, 6.07) is 5.26. The van der Waals surface area contributed by atoms with Gasteiger partial charge in [0.25, 0.3) is 5.91 Å². The lowest BCUT2D eigenvalue weighted by atomic mass is 10.1. The van der Waals surface area contributed by atoms with Gasteiger partial charge in [-0.1, -0.05) is 6.07 Å². The lowest BCUT2D eigenvalue weighted by Crippen LogP contribution is -2.45. The molecule has 1 fully saturated rings. The number of hydrogen-bond donors (Lipinski definition) is 3. The lowest BCUT2D eigenvalue weighted by molar-refractivity contribution is -0.122. The van der Waals surface area contributed by atoms with Crippen LogP contribution in [0.15, 0.2) is 24.3 Å². The third-order valence-corrected chi connectivity index (χ3v) is 3.04. The van der Waals surface area contributed by atoms with Crippen molar-refractivity contribution in [3.8, 4) is 0 Å². The molecule has 1 unspecified atom stereocenters. The average molecular weight is 276 g/mol. The first-order chi connectivity index (χ1) is 9.47. The van der Waals surface area contributed by atoms with Crippen LogP contribution < -0.4 is 10.6 Å². The Hall–Kier alpha value is -2.37. The maximum Gasteiger partial charge on any atom is 0.335 e. The highest BCUT2D eigenvalue weighted by molar-refractivity contribution is 5.99. The van der Waals surface area contributed by atoms with Gasteiger partial charge >= 0.3 is 5.97 Å². The summed E-state index contributed by atoms with van der Waals surface area (Å²) in [5.74, 6) is -1.79. The van der Waals surface area contributed by atoms with Crippen molar-refractivity contribution in [2.75, 3.05) is 0 Å². The number of carbonyl (C=O) groups excluding carboxylic acids is 2. The van der Waals surface area contributed by atoms with E-state index in [-0.39, 0.29) is 23.1 Å². The molecule has 0 radical (unpaired) electrons. The summed E-state index contributed by atoms with van der Waals surface area (Å²) >= 11 is 0. The summed E-state index contributed by atoms with van der Waals surface area (Å²) in [6.07, 6.45) is 1.96. The van der Waals surface area contributed by atoms with E-state index in [9.17, 15) is 14.4 Å². The molecule has 0 aliphatic heterocycles. The fraction of sp³-hybridized carbons (Fsp3) is 0.357. The maximum absolute atomic E-state index is 12.0. The smallest absolute Gasteiger partial charge is 0.335 e. The molecule has 1 aliphatic rings. The van der Waals surface area contributed by atoms with Crippen molar-refractivity contribution in [1.29, 1.82) is 0 Å². The van der Waals surface area contributed by atoms with E-state index in [0.717, 1.165) is 12.8 Å². The first-order valence-electron chi connectivity index (χ1n) is 6.42. The van der Waals surface area contributed by atoms with E-state index in [0.29, 0.717) is 0 Å². The van der Waals surface area contributed by atoms with Crippen molar-refractivity contribution in [2.45, 2.75) is 31.8 Å². The third-order valence-electron chi connectivity index (χ3n) is 3.04. The molecule has 1 aromatic rings. The normalized spacial score (nSPS) is 15.2. The van der Waals surface area contributed by atoms with Gasteiger partial charge in [-0.05, 0) is 38.0 Å². The fourth-order valence-corrected chi connectivity index (χ4v) is 1.69. The van der Waals surface area contributed by atoms with E-state index in [1.807, 2.05) is 0 Å². The standard InChI is InChI=1S/C14H16N2O4/c1-8(12(17)16-11-5-6-11)15-13(18)9-3-2-4-10(7-9)14(19)20/h2-4,7-8,11H,5-6H2,1H3,(H,15,18)(H,16,17)(H,19,20). The molecule has 0 aromatic heterocycles. The number of carboxylic acids is 1. The van der Waals surface area contributed by atoms with Crippen molar-refractivity contribution in [2.24, 2.45) is 0 Å². The Bertz CT molecular complexity index is 552. The molecule has 1 saturated carbocycles. The van der Waals surface area contributed by atoms with Crippen LogP contribution >= 0.6 is 0 Å². The molecular weight excluding hydrogens is 260 g/mol. The minimum atomic E-state index is -1.10. The van der Waals surface area contributed by atoms with Crippen LogP contribution in [0.25, 0.3) is 0 Å². The molecule has 0 spiro atoms. The molecule has 1 atom stereocenters. The van der Waals surface area contributed by atoms with Crippen LogP contribution in [0.2, 0.25) is 0 Å². The highest BCUT2D eigenvalue weighted by atomic mass is 16.4. The second-order valence-electron chi connectivity index (χ2n) is 4.86. The molecule has 20 heavy (non-hydrogen) atoms. The van der Waals surface area contributed by atoms with E-state index in [2.05, 4.69) is 10.6 Å². The van der Waals surface area contributed by atoms with E-state index in [1.165, 1.54) is 24.3 Å². The first-order valence-corrected chi connectivity index (χ1v) is 6.42.